The lowest BCUT2D eigenvalue weighted by atomic mass is 9.46. The number of aliphatic hydroxyl groups is 1. The molecule has 0 aromatic carbocycles. The average molecular weight is 501 g/mol. The van der Waals surface area contributed by atoms with Crippen molar-refractivity contribution in [3.05, 3.63) is 11.6 Å². The van der Waals surface area contributed by atoms with Crippen LogP contribution in [0.5, 0.6) is 0 Å². The van der Waals surface area contributed by atoms with Gasteiger partial charge in [-0.25, -0.2) is 4.79 Å². The van der Waals surface area contributed by atoms with E-state index in [0.29, 0.717) is 29.2 Å². The highest BCUT2D eigenvalue weighted by atomic mass is 16.7. The Hall–Kier alpha value is -2.55. The predicted octanol–water partition coefficient (Wildman–Crippen LogP) is 3.25. The fourth-order valence-corrected chi connectivity index (χ4v) is 8.19. The highest BCUT2D eigenvalue weighted by Crippen LogP contribution is 2.67. The molecule has 3 saturated carbocycles. The van der Waals surface area contributed by atoms with E-state index in [4.69, 9.17) is 9.68 Å². The van der Waals surface area contributed by atoms with E-state index < -0.39 is 30.0 Å². The lowest BCUT2D eigenvalue weighted by molar-refractivity contribution is -0.200. The summed E-state index contributed by atoms with van der Waals surface area (Å²) in [5.74, 6) is -0.616. The largest absolute Gasteiger partial charge is 0.383 e. The number of oxime groups is 1. The van der Waals surface area contributed by atoms with E-state index in [-0.39, 0.29) is 29.5 Å². The minimum atomic E-state index is -1.19. The number of imide groups is 1. The van der Waals surface area contributed by atoms with Crippen molar-refractivity contribution >= 4 is 29.3 Å². The van der Waals surface area contributed by atoms with E-state index in [1.165, 1.54) is 12.5 Å². The molecule has 0 radical (unpaired) electrons. The molecule has 6 atom stereocenters. The molecule has 1 saturated heterocycles. The van der Waals surface area contributed by atoms with Gasteiger partial charge in [0.15, 0.2) is 5.78 Å². The van der Waals surface area contributed by atoms with Gasteiger partial charge in [-0.15, -0.1) is 5.06 Å². The van der Waals surface area contributed by atoms with Gasteiger partial charge < -0.3 is 14.8 Å². The Morgan fingerprint density at radius 3 is 2.42 bits per heavy atom. The van der Waals surface area contributed by atoms with Crippen molar-refractivity contribution in [3.8, 4) is 0 Å². The van der Waals surface area contributed by atoms with E-state index >= 15 is 0 Å². The van der Waals surface area contributed by atoms with Crippen LogP contribution in [-0.2, 0) is 28.9 Å². The number of ketones is 1. The molecule has 4 aliphatic carbocycles. The van der Waals surface area contributed by atoms with Gasteiger partial charge in [-0.2, -0.15) is 0 Å². The Labute approximate surface area is 211 Å². The molecule has 4 fully saturated rings. The summed E-state index contributed by atoms with van der Waals surface area (Å²) >= 11 is 0. The number of hydrogen-bond donors (Lipinski definition) is 1. The van der Waals surface area contributed by atoms with Crippen LogP contribution in [0.3, 0.4) is 0 Å². The molecule has 9 heteroatoms. The van der Waals surface area contributed by atoms with Crippen LogP contribution < -0.4 is 0 Å². The van der Waals surface area contributed by atoms with Crippen LogP contribution in [-0.4, -0.2) is 51.7 Å². The third kappa shape index (κ3) is 3.73. The fraction of sp³-hybridized carbons (Fsp3) is 0.741. The Kier molecular flexibility index (Phi) is 6.13. The molecule has 1 heterocycles. The molecule has 36 heavy (non-hydrogen) atoms. The Morgan fingerprint density at radius 2 is 1.72 bits per heavy atom. The van der Waals surface area contributed by atoms with Gasteiger partial charge in [0.05, 0.1) is 5.71 Å². The lowest BCUT2D eigenvalue weighted by Crippen LogP contribution is -2.57. The van der Waals surface area contributed by atoms with Crippen molar-refractivity contribution < 1.29 is 34.0 Å². The zero-order valence-corrected chi connectivity index (χ0v) is 21.4. The number of carbonyl (C=O) groups excluding carboxylic acids is 4. The normalized spacial score (nSPS) is 40.9. The molecule has 9 nitrogen and oxygen atoms in total. The summed E-state index contributed by atoms with van der Waals surface area (Å²) in [6.07, 6.45) is 9.19. The van der Waals surface area contributed by atoms with Crippen LogP contribution in [0.4, 0.5) is 0 Å². The second-order valence-corrected chi connectivity index (χ2v) is 11.8. The third-order valence-electron chi connectivity index (χ3n) is 10.3. The number of hydroxylamine groups is 2. The number of fused-ring (bicyclic) bond motifs is 5. The third-order valence-corrected chi connectivity index (χ3v) is 10.3. The maximum absolute atomic E-state index is 12.4. The summed E-state index contributed by atoms with van der Waals surface area (Å²) in [7, 11) is 0. The predicted molar refractivity (Wildman–Crippen MR) is 128 cm³/mol. The van der Waals surface area contributed by atoms with E-state index in [9.17, 15) is 24.3 Å². The molecular weight excluding hydrogens is 464 g/mol. The van der Waals surface area contributed by atoms with Crippen molar-refractivity contribution in [2.24, 2.45) is 33.7 Å². The van der Waals surface area contributed by atoms with Crippen molar-refractivity contribution in [2.45, 2.75) is 90.6 Å². The van der Waals surface area contributed by atoms with Crippen LogP contribution in [0.1, 0.15) is 85.0 Å². The van der Waals surface area contributed by atoms with Gasteiger partial charge in [0, 0.05) is 18.3 Å². The number of carbonyl (C=O) groups is 4. The number of rotatable bonds is 5. The highest BCUT2D eigenvalue weighted by molar-refractivity contribution is 6.01. The molecule has 196 valence electrons. The Balaban J connectivity index is 1.24. The standard InChI is InChI=1S/C27H36N2O7/c1-16(30)27(34)13-10-21-19-5-4-17-14-18(8-11-25(17,2)20(19)9-12-26(21,27)3)28-35-15-24(33)36-29-22(31)6-7-23(29)32/h14,19-21,34H,4-13,15H2,1-3H3/b28-18-/t19-,20-,21-,25-,26-,27-/m0/s1. The molecule has 1 aliphatic heterocycles. The van der Waals surface area contributed by atoms with Gasteiger partial charge in [0.25, 0.3) is 11.8 Å². The first-order chi connectivity index (χ1) is 17.0. The first kappa shape index (κ1) is 25.1. The van der Waals surface area contributed by atoms with Gasteiger partial charge in [0.1, 0.15) is 5.60 Å². The number of amides is 2. The average Bonchev–Trinajstić information content (AvgIpc) is 3.30. The minimum absolute atomic E-state index is 0.0427. The summed E-state index contributed by atoms with van der Waals surface area (Å²) in [6.45, 7) is 5.55. The number of Topliss-reactive ketones (excluding diaryl/α,β-unsaturated/α-hetero) is 1. The maximum atomic E-state index is 12.4. The molecule has 2 amide bonds. The smallest absolute Gasteiger partial charge is 0.373 e. The van der Waals surface area contributed by atoms with Gasteiger partial charge in [0.2, 0.25) is 6.61 Å². The van der Waals surface area contributed by atoms with Gasteiger partial charge in [-0.1, -0.05) is 24.6 Å². The zero-order chi connectivity index (χ0) is 25.9. The Bertz CT molecular complexity index is 1050. The topological polar surface area (TPSA) is 123 Å². The maximum Gasteiger partial charge on any atom is 0.373 e. The van der Waals surface area contributed by atoms with Crippen LogP contribution in [0.25, 0.3) is 0 Å². The number of nitrogens with zero attached hydrogens (tertiary/aromatic N) is 2. The Morgan fingerprint density at radius 1 is 1.03 bits per heavy atom. The first-order valence-corrected chi connectivity index (χ1v) is 13.2. The van der Waals surface area contributed by atoms with E-state index in [1.807, 2.05) is 0 Å². The quantitative estimate of drug-likeness (QED) is 0.454. The molecule has 0 unspecified atom stereocenters. The van der Waals surface area contributed by atoms with Crippen LogP contribution >= 0.6 is 0 Å². The van der Waals surface area contributed by atoms with E-state index in [0.717, 1.165) is 50.7 Å². The summed E-state index contributed by atoms with van der Waals surface area (Å²) in [5, 5.41) is 16.0. The summed E-state index contributed by atoms with van der Waals surface area (Å²) < 4.78 is 0. The van der Waals surface area contributed by atoms with Crippen LogP contribution in [0.15, 0.2) is 16.8 Å². The van der Waals surface area contributed by atoms with E-state index in [1.54, 1.807) is 0 Å². The minimum Gasteiger partial charge on any atom is -0.383 e. The summed E-state index contributed by atoms with van der Waals surface area (Å²) in [5.41, 5.74) is 0.646. The van der Waals surface area contributed by atoms with Crippen LogP contribution in [0.2, 0.25) is 0 Å². The molecule has 1 N–H and O–H groups in total. The zero-order valence-electron chi connectivity index (χ0n) is 21.4. The molecule has 0 aromatic rings. The summed E-state index contributed by atoms with van der Waals surface area (Å²) in [4.78, 5) is 57.5. The highest BCUT2D eigenvalue weighted by Gasteiger charge is 2.65. The fourth-order valence-electron chi connectivity index (χ4n) is 8.19. The number of hydrogen-bond acceptors (Lipinski definition) is 8. The lowest BCUT2D eigenvalue weighted by Gasteiger charge is -2.59. The van der Waals surface area contributed by atoms with Crippen LogP contribution in [0, 0.1) is 28.6 Å². The molecule has 0 aromatic heterocycles. The molecule has 5 rings (SSSR count). The second kappa shape index (κ2) is 8.78. The van der Waals surface area contributed by atoms with Gasteiger partial charge in [-0.05, 0) is 87.5 Å². The monoisotopic (exact) mass is 500 g/mol. The van der Waals surface area contributed by atoms with Crippen molar-refractivity contribution in [1.29, 1.82) is 0 Å². The number of allylic oxidation sites excluding steroid dienone is 2. The van der Waals surface area contributed by atoms with Gasteiger partial charge >= 0.3 is 5.97 Å². The molecule has 0 spiro atoms. The second-order valence-electron chi connectivity index (χ2n) is 11.8. The van der Waals surface area contributed by atoms with Crippen molar-refractivity contribution in [3.63, 3.8) is 0 Å². The molecular formula is C27H36N2O7. The summed E-state index contributed by atoms with van der Waals surface area (Å²) in [6, 6.07) is 0. The van der Waals surface area contributed by atoms with Crippen molar-refractivity contribution in [2.75, 3.05) is 6.61 Å². The molecule has 0 bridgehead atoms. The van der Waals surface area contributed by atoms with Crippen molar-refractivity contribution in [1.82, 2.24) is 5.06 Å². The SMILES string of the molecule is CC(=O)[C@@]1(O)CC[C@H]2[C@H]3CCC4=C/C(=N\OCC(=O)ON5C(=O)CCC5=O)CC[C@]4(C)[C@H]3CC[C@@]21C. The molecule has 5 aliphatic rings. The van der Waals surface area contributed by atoms with Gasteiger partial charge in [-0.3, -0.25) is 14.4 Å². The first-order valence-electron chi connectivity index (χ1n) is 13.2. The van der Waals surface area contributed by atoms with E-state index in [2.05, 4.69) is 25.1 Å².